The van der Waals surface area contributed by atoms with E-state index in [0.29, 0.717) is 18.6 Å². The molecule has 3 heteroatoms. The van der Waals surface area contributed by atoms with Gasteiger partial charge in [0.1, 0.15) is 0 Å². The van der Waals surface area contributed by atoms with Crippen LogP contribution in [0.3, 0.4) is 0 Å². The van der Waals surface area contributed by atoms with Crippen LogP contribution in [0, 0.1) is 0 Å². The lowest BCUT2D eigenvalue weighted by atomic mass is 9.95. The van der Waals surface area contributed by atoms with Gasteiger partial charge in [0, 0.05) is 23.1 Å². The van der Waals surface area contributed by atoms with Gasteiger partial charge in [0.15, 0.2) is 0 Å². The second kappa shape index (κ2) is 6.69. The van der Waals surface area contributed by atoms with Crippen LogP contribution in [-0.2, 0) is 0 Å². The van der Waals surface area contributed by atoms with Crippen molar-refractivity contribution in [3.8, 4) is 0 Å². The zero-order valence-corrected chi connectivity index (χ0v) is 12.7. The predicted octanol–water partition coefficient (Wildman–Crippen LogP) is 3.71. The van der Waals surface area contributed by atoms with Crippen LogP contribution in [0.2, 0.25) is 0 Å². The molecule has 1 aliphatic heterocycles. The van der Waals surface area contributed by atoms with Gasteiger partial charge >= 0.3 is 0 Å². The molecule has 0 spiro atoms. The quantitative estimate of drug-likeness (QED) is 0.918. The summed E-state index contributed by atoms with van der Waals surface area (Å²) in [5.41, 5.74) is 7.39. The standard InChI is InChI=1S/C15H23BrN2/c1-2-14-5-3-4-10-18(14)15(11-17)12-6-8-13(16)9-7-12/h6-9,14-15H,2-5,10-11,17H2,1H3. The zero-order valence-electron chi connectivity index (χ0n) is 11.1. The van der Waals surface area contributed by atoms with Crippen LogP contribution in [0.1, 0.15) is 44.2 Å². The molecule has 0 bridgehead atoms. The van der Waals surface area contributed by atoms with Gasteiger partial charge in [-0.1, -0.05) is 41.4 Å². The molecule has 1 aliphatic rings. The summed E-state index contributed by atoms with van der Waals surface area (Å²) in [4.78, 5) is 2.62. The van der Waals surface area contributed by atoms with E-state index in [1.54, 1.807) is 0 Å². The first kappa shape index (κ1) is 14.0. The molecule has 18 heavy (non-hydrogen) atoms. The van der Waals surface area contributed by atoms with Crippen LogP contribution in [-0.4, -0.2) is 24.0 Å². The predicted molar refractivity (Wildman–Crippen MR) is 80.6 cm³/mol. The molecule has 2 atom stereocenters. The van der Waals surface area contributed by atoms with Gasteiger partial charge in [-0.15, -0.1) is 0 Å². The molecule has 1 saturated heterocycles. The SMILES string of the molecule is CCC1CCCCN1C(CN)c1ccc(Br)cc1. The normalized spacial score (nSPS) is 22.9. The van der Waals surface area contributed by atoms with Gasteiger partial charge in [-0.2, -0.15) is 0 Å². The van der Waals surface area contributed by atoms with E-state index in [1.165, 1.54) is 37.8 Å². The Morgan fingerprint density at radius 3 is 2.67 bits per heavy atom. The van der Waals surface area contributed by atoms with Gasteiger partial charge in [-0.05, 0) is 43.5 Å². The number of benzene rings is 1. The number of hydrogen-bond acceptors (Lipinski definition) is 2. The first-order chi connectivity index (χ1) is 8.76. The monoisotopic (exact) mass is 310 g/mol. The Morgan fingerprint density at radius 1 is 1.33 bits per heavy atom. The minimum atomic E-state index is 0.378. The van der Waals surface area contributed by atoms with Gasteiger partial charge in [-0.3, -0.25) is 4.90 Å². The summed E-state index contributed by atoms with van der Waals surface area (Å²) in [5, 5.41) is 0. The molecule has 2 unspecified atom stereocenters. The van der Waals surface area contributed by atoms with Crippen molar-refractivity contribution in [3.05, 3.63) is 34.3 Å². The molecule has 0 saturated carbocycles. The fourth-order valence-corrected chi connectivity index (χ4v) is 3.28. The van der Waals surface area contributed by atoms with Gasteiger partial charge in [-0.25, -0.2) is 0 Å². The Hall–Kier alpha value is -0.380. The Balaban J connectivity index is 2.18. The molecule has 1 heterocycles. The van der Waals surface area contributed by atoms with Crippen molar-refractivity contribution in [3.63, 3.8) is 0 Å². The molecule has 0 aliphatic carbocycles. The van der Waals surface area contributed by atoms with Crippen molar-refractivity contribution in [1.29, 1.82) is 0 Å². The van der Waals surface area contributed by atoms with Crippen LogP contribution >= 0.6 is 15.9 Å². The summed E-state index contributed by atoms with van der Waals surface area (Å²) in [6.07, 6.45) is 5.23. The molecule has 0 radical (unpaired) electrons. The van der Waals surface area contributed by atoms with E-state index < -0.39 is 0 Å². The minimum absolute atomic E-state index is 0.378. The summed E-state index contributed by atoms with van der Waals surface area (Å²) in [5.74, 6) is 0. The van der Waals surface area contributed by atoms with E-state index in [9.17, 15) is 0 Å². The van der Waals surface area contributed by atoms with Crippen LogP contribution in [0.25, 0.3) is 0 Å². The molecule has 1 aromatic rings. The van der Waals surface area contributed by atoms with Gasteiger partial charge in [0.2, 0.25) is 0 Å². The smallest absolute Gasteiger partial charge is 0.0473 e. The van der Waals surface area contributed by atoms with E-state index in [1.807, 2.05) is 0 Å². The highest BCUT2D eigenvalue weighted by molar-refractivity contribution is 9.10. The lowest BCUT2D eigenvalue weighted by Crippen LogP contribution is -2.44. The maximum atomic E-state index is 6.04. The Kier molecular flexibility index (Phi) is 5.22. The largest absolute Gasteiger partial charge is 0.329 e. The van der Waals surface area contributed by atoms with E-state index in [2.05, 4.69) is 52.0 Å². The molecular weight excluding hydrogens is 288 g/mol. The van der Waals surface area contributed by atoms with Crippen LogP contribution in [0.4, 0.5) is 0 Å². The van der Waals surface area contributed by atoms with Crippen LogP contribution in [0.5, 0.6) is 0 Å². The zero-order chi connectivity index (χ0) is 13.0. The maximum absolute atomic E-state index is 6.04. The number of likely N-dealkylation sites (tertiary alicyclic amines) is 1. The third-order valence-electron chi connectivity index (χ3n) is 4.02. The summed E-state index contributed by atoms with van der Waals surface area (Å²) >= 11 is 3.49. The van der Waals surface area contributed by atoms with Gasteiger partial charge in [0.05, 0.1) is 0 Å². The molecule has 0 amide bonds. The Morgan fingerprint density at radius 2 is 2.06 bits per heavy atom. The van der Waals surface area contributed by atoms with Crippen molar-refractivity contribution in [1.82, 2.24) is 4.90 Å². The van der Waals surface area contributed by atoms with Crippen molar-refractivity contribution in [2.75, 3.05) is 13.1 Å². The molecule has 2 N–H and O–H groups in total. The topological polar surface area (TPSA) is 29.3 Å². The number of hydrogen-bond donors (Lipinski definition) is 1. The third-order valence-corrected chi connectivity index (χ3v) is 4.55. The molecular formula is C15H23BrN2. The number of nitrogens with two attached hydrogens (primary N) is 1. The molecule has 2 rings (SSSR count). The van der Waals surface area contributed by atoms with E-state index >= 15 is 0 Å². The number of nitrogens with zero attached hydrogens (tertiary/aromatic N) is 1. The first-order valence-corrected chi connectivity index (χ1v) is 7.76. The van der Waals surface area contributed by atoms with Crippen LogP contribution in [0.15, 0.2) is 28.7 Å². The molecule has 2 nitrogen and oxygen atoms in total. The second-order valence-electron chi connectivity index (χ2n) is 5.10. The maximum Gasteiger partial charge on any atom is 0.0473 e. The van der Waals surface area contributed by atoms with E-state index in [-0.39, 0.29) is 0 Å². The fourth-order valence-electron chi connectivity index (χ4n) is 3.02. The van der Waals surface area contributed by atoms with Gasteiger partial charge in [0.25, 0.3) is 0 Å². The number of piperidine rings is 1. The average molecular weight is 311 g/mol. The van der Waals surface area contributed by atoms with Crippen molar-refractivity contribution < 1.29 is 0 Å². The Bertz CT molecular complexity index is 363. The lowest BCUT2D eigenvalue weighted by molar-refractivity contribution is 0.0949. The minimum Gasteiger partial charge on any atom is -0.329 e. The highest BCUT2D eigenvalue weighted by Crippen LogP contribution is 2.30. The summed E-state index contributed by atoms with van der Waals surface area (Å²) in [6, 6.07) is 9.71. The molecule has 0 aromatic heterocycles. The fraction of sp³-hybridized carbons (Fsp3) is 0.600. The highest BCUT2D eigenvalue weighted by atomic mass is 79.9. The average Bonchev–Trinajstić information content (AvgIpc) is 2.42. The van der Waals surface area contributed by atoms with E-state index in [0.717, 1.165) is 4.47 Å². The summed E-state index contributed by atoms with van der Waals surface area (Å²) < 4.78 is 1.13. The summed E-state index contributed by atoms with van der Waals surface area (Å²) in [6.45, 7) is 4.19. The van der Waals surface area contributed by atoms with Crippen molar-refractivity contribution >= 4 is 15.9 Å². The van der Waals surface area contributed by atoms with Crippen molar-refractivity contribution in [2.24, 2.45) is 5.73 Å². The summed E-state index contributed by atoms with van der Waals surface area (Å²) in [7, 11) is 0. The van der Waals surface area contributed by atoms with E-state index in [4.69, 9.17) is 5.73 Å². The van der Waals surface area contributed by atoms with Gasteiger partial charge < -0.3 is 5.73 Å². The number of halogens is 1. The Labute approximate surface area is 119 Å². The molecule has 1 aromatic carbocycles. The molecule has 100 valence electrons. The van der Waals surface area contributed by atoms with Crippen LogP contribution < -0.4 is 5.73 Å². The first-order valence-electron chi connectivity index (χ1n) is 6.97. The van der Waals surface area contributed by atoms with Crippen molar-refractivity contribution in [2.45, 2.75) is 44.7 Å². The number of rotatable bonds is 4. The lowest BCUT2D eigenvalue weighted by Gasteiger charge is -2.40. The third kappa shape index (κ3) is 3.14. The second-order valence-corrected chi connectivity index (χ2v) is 6.01. The highest BCUT2D eigenvalue weighted by Gasteiger charge is 2.27. The molecule has 1 fully saturated rings.